The fourth-order valence-electron chi connectivity index (χ4n) is 6.47. The van der Waals surface area contributed by atoms with Crippen LogP contribution in [-0.4, -0.2) is 92.5 Å². The fraction of sp³-hybridized carbons (Fsp3) is 0.529. The lowest BCUT2D eigenvalue weighted by Crippen LogP contribution is -2.44. The van der Waals surface area contributed by atoms with Gasteiger partial charge in [-0.3, -0.25) is 4.79 Å². The monoisotopic (exact) mass is 600 g/mol. The third-order valence-corrected chi connectivity index (χ3v) is 9.31. The van der Waals surface area contributed by atoms with Gasteiger partial charge in [-0.2, -0.15) is 0 Å². The molecule has 1 aromatic carbocycles. The van der Waals surface area contributed by atoms with Crippen LogP contribution in [0, 0.1) is 11.8 Å². The molecule has 234 valence electrons. The third kappa shape index (κ3) is 7.65. The largest absolute Gasteiger partial charge is 0.447 e. The first-order chi connectivity index (χ1) is 21.5. The number of aromatic nitrogens is 2. The Labute approximate surface area is 259 Å². The summed E-state index contributed by atoms with van der Waals surface area (Å²) in [4.78, 5) is 39.9. The Morgan fingerprint density at radius 3 is 2.41 bits per heavy atom. The van der Waals surface area contributed by atoms with E-state index in [0.29, 0.717) is 37.1 Å². The van der Waals surface area contributed by atoms with E-state index in [1.54, 1.807) is 0 Å². The number of anilines is 1. The van der Waals surface area contributed by atoms with E-state index in [0.717, 1.165) is 99.3 Å². The normalized spacial score (nSPS) is 22.6. The number of ether oxygens (including phenoxy) is 2. The number of hydrogen-bond donors (Lipinski definition) is 2. The van der Waals surface area contributed by atoms with E-state index in [1.165, 1.54) is 0 Å². The van der Waals surface area contributed by atoms with Crippen molar-refractivity contribution in [1.82, 2.24) is 25.5 Å². The molecule has 10 nitrogen and oxygen atoms in total. The average Bonchev–Trinajstić information content (AvgIpc) is 3.60. The topological polar surface area (TPSA) is 109 Å². The highest BCUT2D eigenvalue weighted by atomic mass is 16.6. The number of pyridine rings is 2. The predicted octanol–water partition coefficient (Wildman–Crippen LogP) is 4.49. The Balaban J connectivity index is 1.02. The van der Waals surface area contributed by atoms with Crippen LogP contribution in [0.3, 0.4) is 0 Å². The van der Waals surface area contributed by atoms with Crippen LogP contribution < -0.4 is 15.5 Å². The second-order valence-corrected chi connectivity index (χ2v) is 12.5. The molecule has 0 bridgehead atoms. The number of para-hydroxylation sites is 1. The smallest absolute Gasteiger partial charge is 0.407 e. The summed E-state index contributed by atoms with van der Waals surface area (Å²) in [5.74, 6) is 1.74. The number of amides is 2. The van der Waals surface area contributed by atoms with Crippen LogP contribution in [0.4, 0.5) is 10.6 Å². The van der Waals surface area contributed by atoms with Crippen LogP contribution in [0.5, 0.6) is 0 Å². The molecule has 44 heavy (non-hydrogen) atoms. The Kier molecular flexibility index (Phi) is 9.87. The number of piperazine rings is 1. The number of nitrogens with one attached hydrogen (secondary N) is 2. The molecule has 1 atom stereocenters. The van der Waals surface area contributed by atoms with Gasteiger partial charge in [0.05, 0.1) is 22.9 Å². The van der Waals surface area contributed by atoms with Crippen LogP contribution in [-0.2, 0) is 9.47 Å². The summed E-state index contributed by atoms with van der Waals surface area (Å²) in [6.07, 6.45) is 7.61. The van der Waals surface area contributed by atoms with Gasteiger partial charge in [-0.1, -0.05) is 18.2 Å². The van der Waals surface area contributed by atoms with Gasteiger partial charge in [-0.05, 0) is 81.7 Å². The van der Waals surface area contributed by atoms with Crippen LogP contribution in [0.25, 0.3) is 22.2 Å². The number of carbonyl (C=O) groups is 2. The van der Waals surface area contributed by atoms with Crippen LogP contribution in [0.15, 0.2) is 48.7 Å². The number of rotatable bonds is 9. The molecule has 1 saturated carbocycles. The molecule has 1 aliphatic carbocycles. The molecule has 3 aliphatic rings. The van der Waals surface area contributed by atoms with E-state index in [2.05, 4.69) is 39.6 Å². The molecule has 3 aromatic rings. The minimum atomic E-state index is -0.361. The summed E-state index contributed by atoms with van der Waals surface area (Å²) in [5.41, 5.74) is 3.06. The van der Waals surface area contributed by atoms with Crippen molar-refractivity contribution in [3.05, 3.63) is 54.2 Å². The first kappa shape index (κ1) is 30.3. The van der Waals surface area contributed by atoms with Gasteiger partial charge in [-0.15, -0.1) is 0 Å². The van der Waals surface area contributed by atoms with Crippen molar-refractivity contribution in [2.24, 2.45) is 11.8 Å². The number of nitrogens with zero attached hydrogens (tertiary/aromatic N) is 4. The van der Waals surface area contributed by atoms with E-state index in [-0.39, 0.29) is 18.1 Å². The number of benzene rings is 1. The Hall–Kier alpha value is -3.76. The van der Waals surface area contributed by atoms with Gasteiger partial charge in [0.1, 0.15) is 12.4 Å². The standard InChI is InChI=1S/C34H44N6O4/c1-39-14-16-40(17-15-39)32-13-12-26(22-35-32)31-19-29(28-6-2-3-7-30(28)38-31)33(41)36-20-24-8-10-25(11-9-24)21-37-34(42)44-23-27-5-4-18-43-27/h2-3,6-7,12-13,19,22,24-25,27H,4-5,8-11,14-18,20-21,23H2,1H3,(H,36,41)(H,37,42). The maximum atomic E-state index is 13.5. The third-order valence-electron chi connectivity index (χ3n) is 9.31. The van der Waals surface area contributed by atoms with Crippen molar-refractivity contribution in [2.75, 3.05) is 64.4 Å². The number of alkyl carbamates (subject to hydrolysis) is 1. The van der Waals surface area contributed by atoms with Crippen molar-refractivity contribution in [1.29, 1.82) is 0 Å². The maximum Gasteiger partial charge on any atom is 0.407 e. The fourth-order valence-corrected chi connectivity index (χ4v) is 6.47. The van der Waals surface area contributed by atoms with Crippen molar-refractivity contribution >= 4 is 28.7 Å². The molecular weight excluding hydrogens is 556 g/mol. The van der Waals surface area contributed by atoms with E-state index in [9.17, 15) is 9.59 Å². The summed E-state index contributed by atoms with van der Waals surface area (Å²) < 4.78 is 10.8. The van der Waals surface area contributed by atoms with Gasteiger partial charge in [0, 0.05) is 63.0 Å². The zero-order valence-electron chi connectivity index (χ0n) is 25.7. The highest BCUT2D eigenvalue weighted by Crippen LogP contribution is 2.29. The van der Waals surface area contributed by atoms with E-state index >= 15 is 0 Å². The van der Waals surface area contributed by atoms with Crippen molar-refractivity contribution < 1.29 is 19.1 Å². The zero-order valence-corrected chi connectivity index (χ0v) is 25.7. The Morgan fingerprint density at radius 2 is 1.70 bits per heavy atom. The summed E-state index contributed by atoms with van der Waals surface area (Å²) in [6.45, 7) is 6.32. The summed E-state index contributed by atoms with van der Waals surface area (Å²) in [5, 5.41) is 6.97. The van der Waals surface area contributed by atoms with Crippen LogP contribution in [0.1, 0.15) is 48.9 Å². The molecule has 3 fully saturated rings. The van der Waals surface area contributed by atoms with E-state index in [4.69, 9.17) is 19.4 Å². The van der Waals surface area contributed by atoms with Gasteiger partial charge in [0.2, 0.25) is 0 Å². The van der Waals surface area contributed by atoms with Crippen molar-refractivity contribution in [3.8, 4) is 11.3 Å². The number of likely N-dealkylation sites (N-methyl/N-ethyl adjacent to an activating group) is 1. The lowest BCUT2D eigenvalue weighted by molar-refractivity contribution is 0.0433. The highest BCUT2D eigenvalue weighted by molar-refractivity contribution is 6.07. The molecule has 6 rings (SSSR count). The predicted molar refractivity (Wildman–Crippen MR) is 171 cm³/mol. The van der Waals surface area contributed by atoms with Crippen molar-refractivity contribution in [3.63, 3.8) is 0 Å². The minimum absolute atomic E-state index is 0.0407. The molecule has 0 spiro atoms. The summed E-state index contributed by atoms with van der Waals surface area (Å²) >= 11 is 0. The molecule has 1 unspecified atom stereocenters. The van der Waals surface area contributed by atoms with Gasteiger partial charge in [0.15, 0.2) is 0 Å². The molecule has 4 heterocycles. The van der Waals surface area contributed by atoms with E-state index in [1.807, 2.05) is 36.5 Å². The van der Waals surface area contributed by atoms with Gasteiger partial charge in [0.25, 0.3) is 5.91 Å². The number of hydrogen-bond acceptors (Lipinski definition) is 8. The van der Waals surface area contributed by atoms with Gasteiger partial charge in [-0.25, -0.2) is 14.8 Å². The molecular formula is C34H44N6O4. The molecule has 0 radical (unpaired) electrons. The quantitative estimate of drug-likeness (QED) is 0.370. The van der Waals surface area contributed by atoms with Crippen LogP contribution >= 0.6 is 0 Å². The first-order valence-electron chi connectivity index (χ1n) is 16.1. The van der Waals surface area contributed by atoms with Gasteiger partial charge >= 0.3 is 6.09 Å². The Bertz CT molecular complexity index is 1410. The van der Waals surface area contributed by atoms with Crippen molar-refractivity contribution in [2.45, 2.75) is 44.6 Å². The maximum absolute atomic E-state index is 13.5. The zero-order chi connectivity index (χ0) is 30.3. The molecule has 2 N–H and O–H groups in total. The summed E-state index contributed by atoms with van der Waals surface area (Å²) in [7, 11) is 2.15. The molecule has 10 heteroatoms. The Morgan fingerprint density at radius 1 is 0.955 bits per heavy atom. The SMILES string of the molecule is CN1CCN(c2ccc(-c3cc(C(=O)NCC4CCC(CNC(=O)OCC5CCCO5)CC4)c4ccccc4n3)cn2)CC1. The molecule has 2 aliphatic heterocycles. The van der Waals surface area contributed by atoms with Gasteiger partial charge < -0.3 is 29.9 Å². The lowest BCUT2D eigenvalue weighted by atomic mass is 9.82. The second-order valence-electron chi connectivity index (χ2n) is 12.5. The molecule has 2 aromatic heterocycles. The highest BCUT2D eigenvalue weighted by Gasteiger charge is 2.24. The average molecular weight is 601 g/mol. The lowest BCUT2D eigenvalue weighted by Gasteiger charge is -2.33. The number of fused-ring (bicyclic) bond motifs is 1. The minimum Gasteiger partial charge on any atom is -0.447 e. The second kappa shape index (κ2) is 14.3. The van der Waals surface area contributed by atoms with E-state index < -0.39 is 0 Å². The van der Waals surface area contributed by atoms with Crippen LogP contribution in [0.2, 0.25) is 0 Å². The number of carbonyl (C=O) groups excluding carboxylic acids is 2. The summed E-state index contributed by atoms with van der Waals surface area (Å²) in [6, 6.07) is 13.8. The first-order valence-corrected chi connectivity index (χ1v) is 16.1. The molecule has 2 amide bonds. The molecule has 2 saturated heterocycles.